The molecular weight excluding hydrogens is 494 g/mol. The smallest absolute Gasteiger partial charge is 0.267 e. The molecule has 2 heterocycles. The molecule has 0 aliphatic rings. The van der Waals surface area contributed by atoms with E-state index in [4.69, 9.17) is 5.21 Å². The summed E-state index contributed by atoms with van der Waals surface area (Å²) in [6.45, 7) is 0. The minimum atomic E-state index is -1.25. The van der Waals surface area contributed by atoms with Gasteiger partial charge in [-0.25, -0.2) is 5.48 Å². The lowest BCUT2D eigenvalue weighted by molar-refractivity contribution is -0.126. The average molecular weight is 518 g/mol. The molecule has 5 rings (SSSR count). The van der Waals surface area contributed by atoms with Crippen molar-refractivity contribution in [2.45, 2.75) is 5.92 Å². The first-order valence-corrected chi connectivity index (χ1v) is 12.0. The molecule has 5 aromatic rings. The van der Waals surface area contributed by atoms with Crippen molar-refractivity contribution in [3.63, 3.8) is 0 Å². The number of fused-ring (bicyclic) bond motifs is 2. The largest absolute Gasteiger partial charge is 0.324 e. The fourth-order valence-corrected chi connectivity index (χ4v) is 4.31. The molecule has 0 aliphatic carbocycles. The van der Waals surface area contributed by atoms with Crippen molar-refractivity contribution in [1.29, 1.82) is 0 Å². The van der Waals surface area contributed by atoms with Gasteiger partial charge in [0.1, 0.15) is 5.92 Å². The second-order valence-corrected chi connectivity index (χ2v) is 8.67. The Bertz CT molecular complexity index is 1630. The lowest BCUT2D eigenvalue weighted by atomic mass is 9.94. The molecule has 0 saturated heterocycles. The SMILES string of the molecule is O=C(C=Cc1cccc(C(C(=O)Nc2cccc3ccncc23)C(=O)Nc2cccc3cccnc23)c1)NO. The van der Waals surface area contributed by atoms with Crippen molar-refractivity contribution in [3.05, 3.63) is 115 Å². The second kappa shape index (κ2) is 11.3. The molecule has 4 N–H and O–H groups in total. The number of carbonyl (C=O) groups is 3. The fraction of sp³-hybridized carbons (Fsp3) is 0.0333. The van der Waals surface area contributed by atoms with Crippen LogP contribution in [0.5, 0.6) is 0 Å². The Kier molecular flexibility index (Phi) is 7.33. The first kappa shape index (κ1) is 25.2. The van der Waals surface area contributed by atoms with Crippen molar-refractivity contribution in [2.24, 2.45) is 0 Å². The first-order valence-electron chi connectivity index (χ1n) is 12.0. The number of para-hydroxylation sites is 1. The number of hydrogen-bond donors (Lipinski definition) is 4. The number of aromatic nitrogens is 2. The molecule has 9 nitrogen and oxygen atoms in total. The Morgan fingerprint density at radius 3 is 2.33 bits per heavy atom. The molecule has 3 aromatic carbocycles. The van der Waals surface area contributed by atoms with Crippen LogP contribution in [-0.2, 0) is 14.4 Å². The predicted molar refractivity (Wildman–Crippen MR) is 149 cm³/mol. The zero-order valence-electron chi connectivity index (χ0n) is 20.5. The zero-order valence-corrected chi connectivity index (χ0v) is 20.5. The molecule has 2 aromatic heterocycles. The van der Waals surface area contributed by atoms with E-state index in [0.717, 1.165) is 22.2 Å². The van der Waals surface area contributed by atoms with Crippen molar-refractivity contribution in [1.82, 2.24) is 15.4 Å². The number of hydroxylamine groups is 1. The number of nitrogens with zero attached hydrogens (tertiary/aromatic N) is 2. The number of anilines is 2. The third kappa shape index (κ3) is 5.63. The molecule has 0 fully saturated rings. The van der Waals surface area contributed by atoms with Crippen LogP contribution in [0.25, 0.3) is 27.8 Å². The summed E-state index contributed by atoms with van der Waals surface area (Å²) in [7, 11) is 0. The molecule has 1 atom stereocenters. The number of pyridine rings is 2. The van der Waals surface area contributed by atoms with Gasteiger partial charge in [-0.2, -0.15) is 0 Å². The highest BCUT2D eigenvalue weighted by molar-refractivity contribution is 6.17. The molecule has 3 amide bonds. The monoisotopic (exact) mass is 517 g/mol. The first-order chi connectivity index (χ1) is 19.0. The maximum Gasteiger partial charge on any atom is 0.267 e. The molecule has 1 unspecified atom stereocenters. The Morgan fingerprint density at radius 1 is 0.795 bits per heavy atom. The van der Waals surface area contributed by atoms with E-state index in [1.54, 1.807) is 67.1 Å². The van der Waals surface area contributed by atoms with Gasteiger partial charge in [0.2, 0.25) is 11.8 Å². The van der Waals surface area contributed by atoms with Crippen molar-refractivity contribution >= 4 is 56.8 Å². The Balaban J connectivity index is 1.52. The van der Waals surface area contributed by atoms with Gasteiger partial charge in [-0.15, -0.1) is 0 Å². The lowest BCUT2D eigenvalue weighted by Crippen LogP contribution is -2.32. The van der Waals surface area contributed by atoms with E-state index in [0.29, 0.717) is 28.0 Å². The van der Waals surface area contributed by atoms with Gasteiger partial charge < -0.3 is 10.6 Å². The number of benzene rings is 3. The van der Waals surface area contributed by atoms with E-state index in [-0.39, 0.29) is 0 Å². The average Bonchev–Trinajstić information content (AvgIpc) is 2.96. The third-order valence-corrected chi connectivity index (χ3v) is 6.14. The van der Waals surface area contributed by atoms with E-state index in [1.165, 1.54) is 11.6 Å². The Morgan fingerprint density at radius 2 is 1.51 bits per heavy atom. The van der Waals surface area contributed by atoms with Gasteiger partial charge in [-0.1, -0.05) is 54.6 Å². The highest BCUT2D eigenvalue weighted by atomic mass is 16.5. The number of rotatable bonds is 7. The van der Waals surface area contributed by atoms with Crippen molar-refractivity contribution in [3.8, 4) is 0 Å². The maximum atomic E-state index is 13.8. The number of carbonyl (C=O) groups excluding carboxylic acids is 3. The molecule has 0 spiro atoms. The fourth-order valence-electron chi connectivity index (χ4n) is 4.31. The number of nitrogens with one attached hydrogen (secondary N) is 3. The van der Waals surface area contributed by atoms with Gasteiger partial charge >= 0.3 is 0 Å². The molecule has 0 aliphatic heterocycles. The van der Waals surface area contributed by atoms with Gasteiger partial charge in [0.05, 0.1) is 16.9 Å². The van der Waals surface area contributed by atoms with Crippen LogP contribution < -0.4 is 16.1 Å². The quantitative estimate of drug-likeness (QED) is 0.107. The van der Waals surface area contributed by atoms with Gasteiger partial charge in [-0.3, -0.25) is 29.6 Å². The van der Waals surface area contributed by atoms with Crippen LogP contribution >= 0.6 is 0 Å². The van der Waals surface area contributed by atoms with E-state index in [2.05, 4.69) is 20.6 Å². The number of amides is 3. The van der Waals surface area contributed by atoms with Crippen LogP contribution in [0, 0.1) is 0 Å². The standard InChI is InChI=1S/C30H23N5O4/c36-26(35-39)13-12-19-5-1-8-22(17-19)27(29(37)33-24-10-2-6-20-14-16-31-18-23(20)24)30(38)34-25-11-3-7-21-9-4-15-32-28(21)25/h1-18,27,39H,(H,33,37)(H,34,38)(H,35,36). The normalized spacial score (nSPS) is 11.8. The van der Waals surface area contributed by atoms with Crippen LogP contribution in [0.15, 0.2) is 104 Å². The van der Waals surface area contributed by atoms with E-state index in [9.17, 15) is 14.4 Å². The Labute approximate surface area is 223 Å². The zero-order chi connectivity index (χ0) is 27.2. The highest BCUT2D eigenvalue weighted by Crippen LogP contribution is 2.28. The highest BCUT2D eigenvalue weighted by Gasteiger charge is 2.30. The van der Waals surface area contributed by atoms with E-state index < -0.39 is 23.6 Å². The van der Waals surface area contributed by atoms with Crippen LogP contribution in [0.3, 0.4) is 0 Å². The summed E-state index contributed by atoms with van der Waals surface area (Å²) >= 11 is 0. The van der Waals surface area contributed by atoms with Gasteiger partial charge in [0, 0.05) is 35.4 Å². The summed E-state index contributed by atoms with van der Waals surface area (Å²) in [4.78, 5) is 47.5. The van der Waals surface area contributed by atoms with Crippen molar-refractivity contribution < 1.29 is 19.6 Å². The van der Waals surface area contributed by atoms with Gasteiger partial charge in [-0.05, 0) is 46.9 Å². The summed E-state index contributed by atoms with van der Waals surface area (Å²) in [6, 6.07) is 23.1. The van der Waals surface area contributed by atoms with Crippen LogP contribution in [-0.4, -0.2) is 32.9 Å². The van der Waals surface area contributed by atoms with Crippen molar-refractivity contribution in [2.75, 3.05) is 10.6 Å². The predicted octanol–water partition coefficient (Wildman–Crippen LogP) is 4.66. The molecule has 0 radical (unpaired) electrons. The Hall–Kier alpha value is -5.41. The molecule has 192 valence electrons. The summed E-state index contributed by atoms with van der Waals surface area (Å²) in [5.41, 5.74) is 4.08. The summed E-state index contributed by atoms with van der Waals surface area (Å²) < 4.78 is 0. The van der Waals surface area contributed by atoms with Gasteiger partial charge in [0.25, 0.3) is 5.91 Å². The molecular formula is C30H23N5O4. The van der Waals surface area contributed by atoms with Crippen LogP contribution in [0.2, 0.25) is 0 Å². The van der Waals surface area contributed by atoms with Crippen LogP contribution in [0.1, 0.15) is 17.0 Å². The topological polar surface area (TPSA) is 133 Å². The van der Waals surface area contributed by atoms with E-state index in [1.807, 2.05) is 30.3 Å². The van der Waals surface area contributed by atoms with Gasteiger partial charge in [0.15, 0.2) is 0 Å². The minimum absolute atomic E-state index is 0.406. The molecule has 0 bridgehead atoms. The summed E-state index contributed by atoms with van der Waals surface area (Å²) in [5, 5.41) is 17.0. The third-order valence-electron chi connectivity index (χ3n) is 6.14. The summed E-state index contributed by atoms with van der Waals surface area (Å²) in [6.07, 6.45) is 7.55. The van der Waals surface area contributed by atoms with Crippen LogP contribution in [0.4, 0.5) is 11.4 Å². The maximum absolute atomic E-state index is 13.8. The number of hydrogen-bond acceptors (Lipinski definition) is 6. The molecule has 0 saturated carbocycles. The summed E-state index contributed by atoms with van der Waals surface area (Å²) in [5.74, 6) is -3.07. The van der Waals surface area contributed by atoms with E-state index >= 15 is 0 Å². The second-order valence-electron chi connectivity index (χ2n) is 8.67. The molecule has 9 heteroatoms. The molecule has 39 heavy (non-hydrogen) atoms. The minimum Gasteiger partial charge on any atom is -0.324 e. The lowest BCUT2D eigenvalue weighted by Gasteiger charge is -2.19.